The van der Waals surface area contributed by atoms with Crippen molar-refractivity contribution >= 4 is 17.5 Å². The van der Waals surface area contributed by atoms with Crippen molar-refractivity contribution in [3.05, 3.63) is 29.8 Å². The zero-order valence-electron chi connectivity index (χ0n) is 13.3. The van der Waals surface area contributed by atoms with Crippen LogP contribution >= 0.6 is 0 Å². The zero-order chi connectivity index (χ0) is 15.8. The average molecular weight is 291 g/mol. The van der Waals surface area contributed by atoms with Crippen LogP contribution in [-0.4, -0.2) is 43.9 Å². The van der Waals surface area contributed by atoms with Crippen LogP contribution in [0.2, 0.25) is 0 Å². The molecule has 0 bridgehead atoms. The standard InChI is InChI=1S/C16H25N3O2/c1-5-12(2)13-6-8-14(9-7-13)18-16(21)11-19(4)10-15(20)17-3/h6-9,12H,5,10-11H2,1-4H3,(H,17,20)(H,18,21). The maximum atomic E-state index is 11.9. The molecule has 0 aliphatic rings. The molecule has 0 saturated carbocycles. The van der Waals surface area contributed by atoms with Crippen LogP contribution in [0, 0.1) is 0 Å². The van der Waals surface area contributed by atoms with E-state index in [0.29, 0.717) is 5.92 Å². The third kappa shape index (κ3) is 5.95. The topological polar surface area (TPSA) is 61.4 Å². The van der Waals surface area contributed by atoms with Crippen molar-refractivity contribution in [2.75, 3.05) is 32.5 Å². The Hall–Kier alpha value is -1.88. The molecule has 1 atom stereocenters. The van der Waals surface area contributed by atoms with Gasteiger partial charge in [-0.25, -0.2) is 0 Å². The number of benzene rings is 1. The maximum absolute atomic E-state index is 11.9. The van der Waals surface area contributed by atoms with Gasteiger partial charge < -0.3 is 10.6 Å². The molecule has 0 aromatic heterocycles. The van der Waals surface area contributed by atoms with E-state index in [1.807, 2.05) is 24.3 Å². The number of likely N-dealkylation sites (N-methyl/N-ethyl adjacent to an activating group) is 2. The first-order valence-electron chi connectivity index (χ1n) is 7.25. The fraction of sp³-hybridized carbons (Fsp3) is 0.500. The van der Waals surface area contributed by atoms with Gasteiger partial charge in [-0.3, -0.25) is 14.5 Å². The largest absolute Gasteiger partial charge is 0.358 e. The van der Waals surface area contributed by atoms with Crippen LogP contribution in [0.5, 0.6) is 0 Å². The monoisotopic (exact) mass is 291 g/mol. The number of nitrogens with one attached hydrogen (secondary N) is 2. The lowest BCUT2D eigenvalue weighted by Gasteiger charge is -2.15. The van der Waals surface area contributed by atoms with Gasteiger partial charge in [-0.05, 0) is 37.1 Å². The van der Waals surface area contributed by atoms with E-state index in [2.05, 4.69) is 24.5 Å². The molecule has 0 heterocycles. The molecular formula is C16H25N3O2. The number of carbonyl (C=O) groups is 2. The predicted molar refractivity (Wildman–Crippen MR) is 85.3 cm³/mol. The molecule has 1 aromatic carbocycles. The van der Waals surface area contributed by atoms with Crippen LogP contribution in [-0.2, 0) is 9.59 Å². The molecule has 0 aliphatic carbocycles. The highest BCUT2D eigenvalue weighted by atomic mass is 16.2. The summed E-state index contributed by atoms with van der Waals surface area (Å²) in [4.78, 5) is 24.8. The van der Waals surface area contributed by atoms with Gasteiger partial charge in [0.2, 0.25) is 11.8 Å². The second-order valence-corrected chi connectivity index (χ2v) is 5.32. The van der Waals surface area contributed by atoms with Gasteiger partial charge >= 0.3 is 0 Å². The van der Waals surface area contributed by atoms with Gasteiger partial charge in [0.15, 0.2) is 0 Å². The van der Waals surface area contributed by atoms with E-state index in [4.69, 9.17) is 0 Å². The molecule has 5 heteroatoms. The summed E-state index contributed by atoms with van der Waals surface area (Å²) < 4.78 is 0. The first-order valence-corrected chi connectivity index (χ1v) is 7.25. The minimum Gasteiger partial charge on any atom is -0.358 e. The summed E-state index contributed by atoms with van der Waals surface area (Å²) in [7, 11) is 3.32. The molecule has 2 amide bonds. The Morgan fingerprint density at radius 1 is 1.14 bits per heavy atom. The molecule has 116 valence electrons. The van der Waals surface area contributed by atoms with Crippen molar-refractivity contribution < 1.29 is 9.59 Å². The summed E-state index contributed by atoms with van der Waals surface area (Å²) >= 11 is 0. The van der Waals surface area contributed by atoms with E-state index in [0.717, 1.165) is 12.1 Å². The van der Waals surface area contributed by atoms with Gasteiger partial charge in [0.05, 0.1) is 13.1 Å². The lowest BCUT2D eigenvalue weighted by molar-refractivity contribution is -0.122. The Bertz CT molecular complexity index is 471. The van der Waals surface area contributed by atoms with E-state index < -0.39 is 0 Å². The van der Waals surface area contributed by atoms with E-state index in [1.54, 1.807) is 19.0 Å². The van der Waals surface area contributed by atoms with E-state index in [1.165, 1.54) is 5.56 Å². The number of anilines is 1. The van der Waals surface area contributed by atoms with Crippen molar-refractivity contribution in [1.82, 2.24) is 10.2 Å². The summed E-state index contributed by atoms with van der Waals surface area (Å²) in [6, 6.07) is 7.91. The molecule has 21 heavy (non-hydrogen) atoms. The lowest BCUT2D eigenvalue weighted by atomic mass is 9.99. The molecule has 0 spiro atoms. The minimum absolute atomic E-state index is 0.108. The number of rotatable bonds is 7. The van der Waals surface area contributed by atoms with E-state index in [9.17, 15) is 9.59 Å². The van der Waals surface area contributed by atoms with Crippen molar-refractivity contribution in [3.63, 3.8) is 0 Å². The second kappa shape index (κ2) is 8.42. The zero-order valence-corrected chi connectivity index (χ0v) is 13.3. The Labute approximate surface area is 126 Å². The molecule has 0 fully saturated rings. The summed E-state index contributed by atoms with van der Waals surface area (Å²) in [5, 5.41) is 5.36. The molecule has 2 N–H and O–H groups in total. The van der Waals surface area contributed by atoms with Gasteiger partial charge in [-0.1, -0.05) is 26.0 Å². The van der Waals surface area contributed by atoms with Gasteiger partial charge in [0.1, 0.15) is 0 Å². The third-order valence-corrected chi connectivity index (χ3v) is 3.48. The van der Waals surface area contributed by atoms with Crippen molar-refractivity contribution in [2.45, 2.75) is 26.2 Å². The Kier molecular flexibility index (Phi) is 6.88. The highest BCUT2D eigenvalue weighted by Crippen LogP contribution is 2.20. The second-order valence-electron chi connectivity index (χ2n) is 5.32. The molecular weight excluding hydrogens is 266 g/mol. The van der Waals surface area contributed by atoms with Crippen LogP contribution in [0.3, 0.4) is 0 Å². The molecule has 5 nitrogen and oxygen atoms in total. The van der Waals surface area contributed by atoms with Gasteiger partial charge in [-0.15, -0.1) is 0 Å². The van der Waals surface area contributed by atoms with Crippen LogP contribution in [0.15, 0.2) is 24.3 Å². The van der Waals surface area contributed by atoms with Crippen molar-refractivity contribution in [2.24, 2.45) is 0 Å². The Morgan fingerprint density at radius 2 is 1.71 bits per heavy atom. The smallest absolute Gasteiger partial charge is 0.238 e. The third-order valence-electron chi connectivity index (χ3n) is 3.48. The van der Waals surface area contributed by atoms with Crippen LogP contribution in [0.4, 0.5) is 5.69 Å². The first-order chi connectivity index (χ1) is 9.96. The normalized spacial score (nSPS) is 12.0. The van der Waals surface area contributed by atoms with Crippen LogP contribution in [0.1, 0.15) is 31.7 Å². The SMILES string of the molecule is CCC(C)c1ccc(NC(=O)CN(C)CC(=O)NC)cc1. The number of hydrogen-bond donors (Lipinski definition) is 2. The summed E-state index contributed by atoms with van der Waals surface area (Å²) in [5.74, 6) is 0.286. The molecule has 0 aliphatic heterocycles. The quantitative estimate of drug-likeness (QED) is 0.805. The van der Waals surface area contributed by atoms with E-state index in [-0.39, 0.29) is 24.9 Å². The fourth-order valence-electron chi connectivity index (χ4n) is 1.96. The maximum Gasteiger partial charge on any atom is 0.238 e. The van der Waals surface area contributed by atoms with Crippen LogP contribution < -0.4 is 10.6 Å². The lowest BCUT2D eigenvalue weighted by Crippen LogP contribution is -2.37. The van der Waals surface area contributed by atoms with E-state index >= 15 is 0 Å². The molecule has 0 saturated heterocycles. The Morgan fingerprint density at radius 3 is 2.24 bits per heavy atom. The number of carbonyl (C=O) groups excluding carboxylic acids is 2. The first kappa shape index (κ1) is 17.2. The van der Waals surface area contributed by atoms with Gasteiger partial charge in [0, 0.05) is 12.7 Å². The summed E-state index contributed by atoms with van der Waals surface area (Å²) in [6.07, 6.45) is 1.09. The average Bonchev–Trinajstić information content (AvgIpc) is 2.46. The van der Waals surface area contributed by atoms with Gasteiger partial charge in [0.25, 0.3) is 0 Å². The highest BCUT2D eigenvalue weighted by Gasteiger charge is 2.10. The molecule has 0 radical (unpaired) electrons. The molecule has 1 rings (SSSR count). The molecule has 1 unspecified atom stereocenters. The number of nitrogens with zero attached hydrogens (tertiary/aromatic N) is 1. The van der Waals surface area contributed by atoms with Crippen LogP contribution in [0.25, 0.3) is 0 Å². The summed E-state index contributed by atoms with van der Waals surface area (Å²) in [5.41, 5.74) is 2.05. The molecule has 1 aromatic rings. The summed E-state index contributed by atoms with van der Waals surface area (Å²) in [6.45, 7) is 4.72. The Balaban J connectivity index is 2.49. The van der Waals surface area contributed by atoms with Gasteiger partial charge in [-0.2, -0.15) is 0 Å². The minimum atomic E-state index is -0.127. The number of amides is 2. The van der Waals surface area contributed by atoms with Crippen molar-refractivity contribution in [1.29, 1.82) is 0 Å². The fourth-order valence-corrected chi connectivity index (χ4v) is 1.96. The predicted octanol–water partition coefficient (Wildman–Crippen LogP) is 1.82. The highest BCUT2D eigenvalue weighted by molar-refractivity contribution is 5.92. The van der Waals surface area contributed by atoms with Crippen molar-refractivity contribution in [3.8, 4) is 0 Å². The number of hydrogen-bond acceptors (Lipinski definition) is 3.